The minimum Gasteiger partial charge on any atom is -0.480 e. The number of carbonyl (C=O) groups excluding carboxylic acids is 1. The molecule has 170 valence electrons. The molecule has 3 rings (SSSR count). The highest BCUT2D eigenvalue weighted by molar-refractivity contribution is 5.95. The van der Waals surface area contributed by atoms with Crippen molar-refractivity contribution in [3.8, 4) is 0 Å². The van der Waals surface area contributed by atoms with Crippen LogP contribution >= 0.6 is 0 Å². The number of carboxylic acid groups (broad SMARTS) is 1. The third-order valence-corrected chi connectivity index (χ3v) is 6.61. The van der Waals surface area contributed by atoms with Gasteiger partial charge in [0, 0.05) is 62.5 Å². The number of benzene rings is 1. The Morgan fingerprint density at radius 2 is 1.84 bits per heavy atom. The lowest BCUT2D eigenvalue weighted by Gasteiger charge is -2.48. The van der Waals surface area contributed by atoms with Crippen LogP contribution in [0.5, 0.6) is 0 Å². The summed E-state index contributed by atoms with van der Waals surface area (Å²) in [5.74, 6) is -1.27. The first kappa shape index (κ1) is 23.0. The Labute approximate surface area is 183 Å². The number of nitrogens with one attached hydrogen (secondary N) is 1. The lowest BCUT2D eigenvalue weighted by molar-refractivity contribution is -0.149. The van der Waals surface area contributed by atoms with Crippen molar-refractivity contribution >= 4 is 23.5 Å². The first-order valence-corrected chi connectivity index (χ1v) is 10.8. The van der Waals surface area contributed by atoms with Gasteiger partial charge in [-0.2, -0.15) is 0 Å². The number of aliphatic carboxylic acids is 1. The van der Waals surface area contributed by atoms with Crippen molar-refractivity contribution in [2.75, 3.05) is 57.8 Å². The fraction of sp³-hybridized carbons (Fsp3) is 0.591. The molecule has 2 heterocycles. The Balaban J connectivity index is 1.65. The van der Waals surface area contributed by atoms with Gasteiger partial charge in [-0.3, -0.25) is 24.8 Å². The van der Waals surface area contributed by atoms with E-state index in [0.29, 0.717) is 13.1 Å². The van der Waals surface area contributed by atoms with E-state index in [-0.39, 0.29) is 36.2 Å². The maximum Gasteiger partial charge on any atom is 0.317 e. The number of esters is 1. The predicted molar refractivity (Wildman–Crippen MR) is 118 cm³/mol. The molecule has 0 amide bonds. The van der Waals surface area contributed by atoms with Crippen LogP contribution in [0.3, 0.4) is 0 Å². The third-order valence-electron chi connectivity index (χ3n) is 6.61. The van der Waals surface area contributed by atoms with Crippen LogP contribution in [-0.2, 0) is 14.3 Å². The molecule has 1 aromatic carbocycles. The van der Waals surface area contributed by atoms with Crippen LogP contribution in [0.1, 0.15) is 18.9 Å². The average molecular weight is 432 g/mol. The number of methoxy groups -OCH3 is 1. The van der Waals surface area contributed by atoms with E-state index in [1.807, 2.05) is 36.1 Å². The fourth-order valence-electron chi connectivity index (χ4n) is 4.84. The summed E-state index contributed by atoms with van der Waals surface area (Å²) < 4.78 is 4.99. The van der Waals surface area contributed by atoms with Crippen LogP contribution in [0.15, 0.2) is 24.3 Å². The summed E-state index contributed by atoms with van der Waals surface area (Å²) in [4.78, 5) is 30.1. The number of carbonyl (C=O) groups is 2. The van der Waals surface area contributed by atoms with Crippen LogP contribution in [0.4, 0.5) is 5.69 Å². The molecule has 31 heavy (non-hydrogen) atoms. The van der Waals surface area contributed by atoms with Gasteiger partial charge in [-0.15, -0.1) is 0 Å². The zero-order valence-electron chi connectivity index (χ0n) is 18.3. The number of amidine groups is 1. The number of nitrogens with two attached hydrogens (primary N) is 1. The highest BCUT2D eigenvalue weighted by Crippen LogP contribution is 2.30. The predicted octanol–water partition coefficient (Wildman–Crippen LogP) is 0.677. The van der Waals surface area contributed by atoms with Crippen molar-refractivity contribution in [1.29, 1.82) is 5.41 Å². The van der Waals surface area contributed by atoms with Crippen molar-refractivity contribution < 1.29 is 19.4 Å². The van der Waals surface area contributed by atoms with Crippen molar-refractivity contribution in [3.05, 3.63) is 29.8 Å². The molecule has 3 atom stereocenters. The first-order chi connectivity index (χ1) is 14.8. The van der Waals surface area contributed by atoms with Crippen molar-refractivity contribution in [1.82, 2.24) is 9.80 Å². The molecule has 2 aliphatic heterocycles. The van der Waals surface area contributed by atoms with E-state index < -0.39 is 5.97 Å². The summed E-state index contributed by atoms with van der Waals surface area (Å²) in [6.07, 6.45) is 0.840. The topological polar surface area (TPSA) is 123 Å². The number of piperazine rings is 1. The fourth-order valence-corrected chi connectivity index (χ4v) is 4.84. The summed E-state index contributed by atoms with van der Waals surface area (Å²) in [5.41, 5.74) is 7.37. The van der Waals surface area contributed by atoms with Crippen LogP contribution in [0.25, 0.3) is 0 Å². The average Bonchev–Trinajstić information content (AvgIpc) is 2.77. The molecule has 1 aromatic rings. The number of rotatable bonds is 7. The number of hydrogen-bond donors (Lipinski definition) is 3. The Hall–Kier alpha value is -2.65. The van der Waals surface area contributed by atoms with Crippen LogP contribution in [-0.4, -0.2) is 91.6 Å². The van der Waals surface area contributed by atoms with Gasteiger partial charge in [-0.1, -0.05) is 6.92 Å². The van der Waals surface area contributed by atoms with Crippen LogP contribution < -0.4 is 10.6 Å². The molecular formula is C22H33N5O4. The van der Waals surface area contributed by atoms with E-state index >= 15 is 0 Å². The van der Waals surface area contributed by atoms with Crippen LogP contribution in [0.2, 0.25) is 0 Å². The van der Waals surface area contributed by atoms with E-state index in [9.17, 15) is 14.7 Å². The van der Waals surface area contributed by atoms with E-state index in [1.54, 1.807) is 0 Å². The number of piperidine rings is 1. The summed E-state index contributed by atoms with van der Waals surface area (Å²) in [6.45, 7) is 6.68. The number of nitrogen functional groups attached to an aromatic ring is 1. The smallest absolute Gasteiger partial charge is 0.317 e. The monoisotopic (exact) mass is 431 g/mol. The van der Waals surface area contributed by atoms with Crippen molar-refractivity contribution in [2.45, 2.75) is 19.4 Å². The zero-order chi connectivity index (χ0) is 22.5. The Bertz CT molecular complexity index is 792. The minimum absolute atomic E-state index is 0.00114. The number of hydrogen-bond acceptors (Lipinski definition) is 7. The van der Waals surface area contributed by atoms with Crippen molar-refractivity contribution in [3.63, 3.8) is 0 Å². The van der Waals surface area contributed by atoms with E-state index in [4.69, 9.17) is 15.9 Å². The molecule has 0 aliphatic carbocycles. The lowest BCUT2D eigenvalue weighted by Crippen LogP contribution is -2.59. The Morgan fingerprint density at radius 1 is 1.19 bits per heavy atom. The van der Waals surface area contributed by atoms with Gasteiger partial charge in [0.15, 0.2) is 0 Å². The molecule has 2 aliphatic rings. The summed E-state index contributed by atoms with van der Waals surface area (Å²) in [7, 11) is 1.40. The maximum absolute atomic E-state index is 12.3. The van der Waals surface area contributed by atoms with Gasteiger partial charge in [0.25, 0.3) is 0 Å². The standard InChI is InChI=1S/C22H33N5O4/c1-15(22(30)31-2)18-13-25(14-20(28)29)8-7-19(18)27-11-9-26(10-12-27)17-5-3-16(4-6-17)21(23)24/h3-6,15,18-19H,7-14H2,1-2H3,(H3,23,24)(H,28,29). The molecule has 0 bridgehead atoms. The van der Waals surface area contributed by atoms with Gasteiger partial charge in [0.05, 0.1) is 19.6 Å². The quantitative estimate of drug-likeness (QED) is 0.327. The summed E-state index contributed by atoms with van der Waals surface area (Å²) in [6, 6.07) is 7.96. The number of ether oxygens (including phenoxy) is 1. The second kappa shape index (κ2) is 10.1. The highest BCUT2D eigenvalue weighted by Gasteiger charge is 2.40. The first-order valence-electron chi connectivity index (χ1n) is 10.8. The van der Waals surface area contributed by atoms with Crippen molar-refractivity contribution in [2.24, 2.45) is 17.6 Å². The van der Waals surface area contributed by atoms with Gasteiger partial charge in [0.1, 0.15) is 5.84 Å². The normalized spacial score (nSPS) is 23.9. The number of nitrogens with zero attached hydrogens (tertiary/aromatic N) is 3. The second-order valence-corrected chi connectivity index (χ2v) is 8.44. The molecule has 0 radical (unpaired) electrons. The second-order valence-electron chi connectivity index (χ2n) is 8.44. The number of carboxylic acids is 1. The van der Waals surface area contributed by atoms with E-state index in [0.717, 1.165) is 43.9 Å². The summed E-state index contributed by atoms with van der Waals surface area (Å²) in [5, 5.41) is 16.7. The minimum atomic E-state index is -0.840. The third kappa shape index (κ3) is 5.54. The Kier molecular flexibility index (Phi) is 7.50. The van der Waals surface area contributed by atoms with Gasteiger partial charge in [-0.05, 0) is 30.7 Å². The summed E-state index contributed by atoms with van der Waals surface area (Å²) >= 11 is 0. The molecular weight excluding hydrogens is 398 g/mol. The maximum atomic E-state index is 12.3. The Morgan fingerprint density at radius 3 is 2.39 bits per heavy atom. The van der Waals surface area contributed by atoms with Gasteiger partial charge in [-0.25, -0.2) is 0 Å². The molecule has 4 N–H and O–H groups in total. The molecule has 2 fully saturated rings. The highest BCUT2D eigenvalue weighted by atomic mass is 16.5. The number of likely N-dealkylation sites (tertiary alicyclic amines) is 1. The largest absolute Gasteiger partial charge is 0.480 e. The van der Waals surface area contributed by atoms with E-state index in [2.05, 4.69) is 9.80 Å². The van der Waals surface area contributed by atoms with Gasteiger partial charge < -0.3 is 20.5 Å². The lowest BCUT2D eigenvalue weighted by atomic mass is 9.81. The molecule has 0 aromatic heterocycles. The molecule has 0 spiro atoms. The van der Waals surface area contributed by atoms with Gasteiger partial charge >= 0.3 is 11.9 Å². The molecule has 3 unspecified atom stereocenters. The van der Waals surface area contributed by atoms with Gasteiger partial charge in [0.2, 0.25) is 0 Å². The molecule has 9 heteroatoms. The van der Waals surface area contributed by atoms with Crippen LogP contribution in [0, 0.1) is 17.2 Å². The molecule has 2 saturated heterocycles. The number of anilines is 1. The zero-order valence-corrected chi connectivity index (χ0v) is 18.3. The van der Waals surface area contributed by atoms with E-state index in [1.165, 1.54) is 7.11 Å². The SMILES string of the molecule is COC(=O)C(C)C1CN(CC(=O)O)CCC1N1CCN(c2ccc(C(=N)N)cc2)CC1. The molecule has 0 saturated carbocycles. The molecule has 9 nitrogen and oxygen atoms in total.